The van der Waals surface area contributed by atoms with E-state index in [0.717, 1.165) is 17.1 Å². The average Bonchev–Trinajstić information content (AvgIpc) is 3.22. The van der Waals surface area contributed by atoms with Crippen molar-refractivity contribution >= 4 is 22.4 Å². The molecule has 1 amide bonds. The maximum atomic E-state index is 12.6. The van der Waals surface area contributed by atoms with Crippen LogP contribution in [0.2, 0.25) is 0 Å². The van der Waals surface area contributed by atoms with Crippen LogP contribution in [0.5, 0.6) is 0 Å². The van der Waals surface area contributed by atoms with Crippen LogP contribution in [0.4, 0.5) is 5.13 Å². The number of amides is 1. The number of nitrogens with one attached hydrogen (secondary N) is 1. The lowest BCUT2D eigenvalue weighted by Crippen LogP contribution is -2.18. The number of hydrogen-bond acceptors (Lipinski definition) is 6. The third-order valence-electron chi connectivity index (χ3n) is 3.33. The van der Waals surface area contributed by atoms with Gasteiger partial charge in [-0.05, 0) is 18.6 Å². The van der Waals surface area contributed by atoms with Gasteiger partial charge in [-0.3, -0.25) is 10.1 Å². The zero-order valence-electron chi connectivity index (χ0n) is 13.7. The number of aryl methyl sites for hydroxylation is 1. The number of para-hydroxylation sites is 1. The lowest BCUT2D eigenvalue weighted by molar-refractivity contribution is 0.101. The van der Waals surface area contributed by atoms with Crippen LogP contribution in [0.25, 0.3) is 5.69 Å². The van der Waals surface area contributed by atoms with E-state index in [2.05, 4.69) is 25.6 Å². The fourth-order valence-electron chi connectivity index (χ4n) is 2.07. The molecule has 7 nitrogen and oxygen atoms in total. The van der Waals surface area contributed by atoms with Gasteiger partial charge in [0.1, 0.15) is 5.01 Å². The van der Waals surface area contributed by atoms with Gasteiger partial charge >= 0.3 is 0 Å². The molecule has 3 rings (SSSR count). The van der Waals surface area contributed by atoms with Gasteiger partial charge in [0, 0.05) is 5.92 Å². The molecule has 0 aliphatic carbocycles. The summed E-state index contributed by atoms with van der Waals surface area (Å²) in [5, 5.41) is 16.6. The van der Waals surface area contributed by atoms with Gasteiger partial charge in [0.05, 0.1) is 5.69 Å². The lowest BCUT2D eigenvalue weighted by Gasteiger charge is -2.04. The van der Waals surface area contributed by atoms with Crippen LogP contribution < -0.4 is 5.32 Å². The second-order valence-electron chi connectivity index (χ2n) is 5.50. The molecule has 124 valence electrons. The quantitative estimate of drug-likeness (QED) is 0.770. The van der Waals surface area contributed by atoms with Crippen LogP contribution in [-0.4, -0.2) is 30.9 Å². The zero-order chi connectivity index (χ0) is 17.1. The molecule has 0 saturated heterocycles. The summed E-state index contributed by atoms with van der Waals surface area (Å²) in [4.78, 5) is 17.1. The standard InChI is InChI=1S/C16H18N6OS/c1-4-12-19-20-16(24-12)18-15(23)14-17-13(10(2)3)21-22(14)11-8-6-5-7-9-11/h5-10H,4H2,1-3H3,(H,18,20,23). The minimum atomic E-state index is -0.350. The Morgan fingerprint density at radius 3 is 2.62 bits per heavy atom. The maximum Gasteiger partial charge on any atom is 0.295 e. The summed E-state index contributed by atoms with van der Waals surface area (Å²) in [6, 6.07) is 9.47. The Kier molecular flexibility index (Phi) is 4.66. The molecule has 8 heteroatoms. The van der Waals surface area contributed by atoms with Gasteiger partial charge in [-0.1, -0.05) is 50.3 Å². The highest BCUT2D eigenvalue weighted by atomic mass is 32.1. The van der Waals surface area contributed by atoms with E-state index in [4.69, 9.17) is 0 Å². The Labute approximate surface area is 143 Å². The minimum absolute atomic E-state index is 0.120. The predicted molar refractivity (Wildman–Crippen MR) is 92.7 cm³/mol. The van der Waals surface area contributed by atoms with Crippen LogP contribution in [-0.2, 0) is 6.42 Å². The predicted octanol–water partition coefficient (Wildman–Crippen LogP) is 3.06. The number of benzene rings is 1. The number of hydrogen-bond donors (Lipinski definition) is 1. The molecule has 0 fully saturated rings. The van der Waals surface area contributed by atoms with Crippen molar-refractivity contribution in [3.8, 4) is 5.69 Å². The third kappa shape index (κ3) is 3.33. The van der Waals surface area contributed by atoms with Gasteiger partial charge in [0.2, 0.25) is 11.0 Å². The summed E-state index contributed by atoms with van der Waals surface area (Å²) < 4.78 is 1.56. The summed E-state index contributed by atoms with van der Waals surface area (Å²) >= 11 is 1.36. The Morgan fingerprint density at radius 1 is 1.25 bits per heavy atom. The molecule has 0 spiro atoms. The molecular weight excluding hydrogens is 324 g/mol. The van der Waals surface area contributed by atoms with Gasteiger partial charge < -0.3 is 0 Å². The smallest absolute Gasteiger partial charge is 0.294 e. The van der Waals surface area contributed by atoms with Crippen LogP contribution in [0.3, 0.4) is 0 Å². The van der Waals surface area contributed by atoms with Gasteiger partial charge in [-0.25, -0.2) is 9.67 Å². The van der Waals surface area contributed by atoms with E-state index in [9.17, 15) is 4.79 Å². The fraction of sp³-hybridized carbons (Fsp3) is 0.312. The second-order valence-corrected chi connectivity index (χ2v) is 6.57. The summed E-state index contributed by atoms with van der Waals surface area (Å²) in [7, 11) is 0. The number of carbonyl (C=O) groups is 1. The van der Waals surface area contributed by atoms with Crippen molar-refractivity contribution in [3.63, 3.8) is 0 Å². The van der Waals surface area contributed by atoms with Crippen molar-refractivity contribution in [1.29, 1.82) is 0 Å². The first kappa shape index (κ1) is 16.3. The topological polar surface area (TPSA) is 85.6 Å². The molecule has 0 bridgehead atoms. The molecule has 2 aromatic heterocycles. The molecular formula is C16H18N6OS. The molecule has 0 saturated carbocycles. The number of aromatic nitrogens is 5. The first-order valence-corrected chi connectivity index (χ1v) is 8.56. The summed E-state index contributed by atoms with van der Waals surface area (Å²) in [6.07, 6.45) is 0.783. The van der Waals surface area contributed by atoms with Crippen molar-refractivity contribution in [2.45, 2.75) is 33.1 Å². The van der Waals surface area contributed by atoms with Crippen molar-refractivity contribution in [1.82, 2.24) is 25.0 Å². The average molecular weight is 342 g/mol. The monoisotopic (exact) mass is 342 g/mol. The Bertz CT molecular complexity index is 839. The van der Waals surface area contributed by atoms with Gasteiger partial charge in [-0.2, -0.15) is 5.10 Å². The third-order valence-corrected chi connectivity index (χ3v) is 4.32. The van der Waals surface area contributed by atoms with Crippen LogP contribution in [0.15, 0.2) is 30.3 Å². The SMILES string of the molecule is CCc1nnc(NC(=O)c2nc(C(C)C)nn2-c2ccccc2)s1. The van der Waals surface area contributed by atoms with Gasteiger partial charge in [-0.15, -0.1) is 10.2 Å². The van der Waals surface area contributed by atoms with Crippen LogP contribution in [0.1, 0.15) is 48.1 Å². The minimum Gasteiger partial charge on any atom is -0.294 e. The Hall–Kier alpha value is -2.61. The van der Waals surface area contributed by atoms with Crippen molar-refractivity contribution in [2.24, 2.45) is 0 Å². The first-order valence-electron chi connectivity index (χ1n) is 7.74. The summed E-state index contributed by atoms with van der Waals surface area (Å²) in [6.45, 7) is 5.97. The van der Waals surface area contributed by atoms with Crippen LogP contribution in [0, 0.1) is 0 Å². The molecule has 0 aliphatic rings. The van der Waals surface area contributed by atoms with E-state index in [1.54, 1.807) is 4.68 Å². The molecule has 0 unspecified atom stereocenters. The molecule has 0 radical (unpaired) electrons. The van der Waals surface area contributed by atoms with Crippen molar-refractivity contribution in [2.75, 3.05) is 5.32 Å². The highest BCUT2D eigenvalue weighted by Crippen LogP contribution is 2.19. The number of rotatable bonds is 5. The van der Waals surface area contributed by atoms with Crippen LogP contribution >= 0.6 is 11.3 Å². The van der Waals surface area contributed by atoms with E-state index in [1.165, 1.54) is 11.3 Å². The highest BCUT2D eigenvalue weighted by Gasteiger charge is 2.21. The molecule has 24 heavy (non-hydrogen) atoms. The van der Waals surface area contributed by atoms with Crippen molar-refractivity contribution < 1.29 is 4.79 Å². The number of carbonyl (C=O) groups excluding carboxylic acids is 1. The Balaban J connectivity index is 1.94. The van der Waals surface area contributed by atoms with Gasteiger partial charge in [0.15, 0.2) is 5.82 Å². The number of anilines is 1. The Morgan fingerprint density at radius 2 is 2.00 bits per heavy atom. The molecule has 1 N–H and O–H groups in total. The summed E-state index contributed by atoms with van der Waals surface area (Å²) in [5.41, 5.74) is 0.786. The fourth-order valence-corrected chi connectivity index (χ4v) is 2.74. The zero-order valence-corrected chi connectivity index (χ0v) is 14.5. The van der Waals surface area contributed by atoms with E-state index >= 15 is 0 Å². The van der Waals surface area contributed by atoms with E-state index in [1.807, 2.05) is 51.1 Å². The molecule has 1 aromatic carbocycles. The molecule has 0 atom stereocenters. The van der Waals surface area contributed by atoms with Crippen molar-refractivity contribution in [3.05, 3.63) is 47.0 Å². The lowest BCUT2D eigenvalue weighted by atomic mass is 10.2. The second kappa shape index (κ2) is 6.88. The number of nitrogens with zero attached hydrogens (tertiary/aromatic N) is 5. The highest BCUT2D eigenvalue weighted by molar-refractivity contribution is 7.15. The first-order chi connectivity index (χ1) is 11.6. The molecule has 0 aliphatic heterocycles. The summed E-state index contributed by atoms with van der Waals surface area (Å²) in [5.74, 6) is 0.625. The largest absolute Gasteiger partial charge is 0.295 e. The van der Waals surface area contributed by atoms with Gasteiger partial charge in [0.25, 0.3) is 5.91 Å². The molecule has 2 heterocycles. The maximum absolute atomic E-state index is 12.6. The van der Waals surface area contributed by atoms with E-state index < -0.39 is 0 Å². The van der Waals surface area contributed by atoms with E-state index in [0.29, 0.717) is 11.0 Å². The van der Waals surface area contributed by atoms with E-state index in [-0.39, 0.29) is 17.6 Å². The molecule has 3 aromatic rings. The normalized spacial score (nSPS) is 11.0.